The van der Waals surface area contributed by atoms with Gasteiger partial charge in [0.05, 0.1) is 11.0 Å². The summed E-state index contributed by atoms with van der Waals surface area (Å²) in [4.78, 5) is 10.4. The third-order valence-electron chi connectivity index (χ3n) is 6.07. The van der Waals surface area contributed by atoms with Crippen LogP contribution in [0.2, 0.25) is 0 Å². The second kappa shape index (κ2) is 13.4. The second-order valence-corrected chi connectivity index (χ2v) is 11.8. The SMILES string of the molecule is CN(C[C@H](O)CNC(C)(C)CCCc1c(F)cccc1F)S(=O)(=O)c1cc(F)cc(CCCC(=O)O)c1. The number of rotatable bonds is 15. The van der Waals surface area contributed by atoms with Gasteiger partial charge >= 0.3 is 5.97 Å². The highest BCUT2D eigenvalue weighted by atomic mass is 32.2. The number of nitrogens with zero attached hydrogens (tertiary/aromatic N) is 1. The van der Waals surface area contributed by atoms with Crippen molar-refractivity contribution in [2.24, 2.45) is 0 Å². The van der Waals surface area contributed by atoms with Crippen LogP contribution in [0.5, 0.6) is 0 Å². The van der Waals surface area contributed by atoms with E-state index in [1.54, 1.807) is 0 Å². The Morgan fingerprint density at radius 1 is 1.08 bits per heavy atom. The second-order valence-electron chi connectivity index (χ2n) is 9.80. The monoisotopic (exact) mass is 544 g/mol. The van der Waals surface area contributed by atoms with Gasteiger partial charge in [0.15, 0.2) is 0 Å². The molecule has 0 amide bonds. The lowest BCUT2D eigenvalue weighted by molar-refractivity contribution is -0.137. The molecule has 2 rings (SSSR count). The molecular formula is C26H35F3N2O5S. The normalized spacial score (nSPS) is 13.2. The number of carbonyl (C=O) groups is 1. The van der Waals surface area contributed by atoms with Gasteiger partial charge < -0.3 is 15.5 Å². The fraction of sp³-hybridized carbons (Fsp3) is 0.500. The van der Waals surface area contributed by atoms with E-state index >= 15 is 0 Å². The number of aryl methyl sites for hydroxylation is 1. The number of likely N-dealkylation sites (N-methyl/N-ethyl adjacent to an activating group) is 1. The van der Waals surface area contributed by atoms with Crippen LogP contribution in [0.3, 0.4) is 0 Å². The van der Waals surface area contributed by atoms with Gasteiger partial charge in [-0.3, -0.25) is 4.79 Å². The van der Waals surface area contributed by atoms with Crippen molar-refractivity contribution in [3.8, 4) is 0 Å². The molecule has 0 saturated carbocycles. The number of aliphatic carboxylic acids is 1. The van der Waals surface area contributed by atoms with Gasteiger partial charge in [-0.05, 0) is 81.8 Å². The summed E-state index contributed by atoms with van der Waals surface area (Å²) >= 11 is 0. The highest BCUT2D eigenvalue weighted by Gasteiger charge is 2.26. The van der Waals surface area contributed by atoms with Crippen LogP contribution in [0.15, 0.2) is 41.3 Å². The van der Waals surface area contributed by atoms with Crippen molar-refractivity contribution in [2.75, 3.05) is 20.1 Å². The average Bonchev–Trinajstić information content (AvgIpc) is 2.79. The van der Waals surface area contributed by atoms with Crippen molar-refractivity contribution in [3.05, 3.63) is 65.0 Å². The molecule has 0 saturated heterocycles. The van der Waals surface area contributed by atoms with Crippen molar-refractivity contribution in [1.29, 1.82) is 0 Å². The van der Waals surface area contributed by atoms with Gasteiger partial charge in [0.1, 0.15) is 17.5 Å². The quantitative estimate of drug-likeness (QED) is 0.314. The Morgan fingerprint density at radius 2 is 1.73 bits per heavy atom. The Morgan fingerprint density at radius 3 is 2.35 bits per heavy atom. The summed E-state index contributed by atoms with van der Waals surface area (Å²) in [6.45, 7) is 3.55. The van der Waals surface area contributed by atoms with Gasteiger partial charge in [0.25, 0.3) is 0 Å². The van der Waals surface area contributed by atoms with Gasteiger partial charge in [0.2, 0.25) is 10.0 Å². The first-order valence-electron chi connectivity index (χ1n) is 12.0. The zero-order valence-corrected chi connectivity index (χ0v) is 22.1. The number of carboxylic acid groups (broad SMARTS) is 1. The van der Waals surface area contributed by atoms with Crippen LogP contribution in [-0.2, 0) is 27.7 Å². The minimum Gasteiger partial charge on any atom is -0.481 e. The van der Waals surface area contributed by atoms with Gasteiger partial charge in [-0.25, -0.2) is 21.6 Å². The lowest BCUT2D eigenvalue weighted by Gasteiger charge is -2.29. The van der Waals surface area contributed by atoms with Gasteiger partial charge in [0, 0.05) is 37.7 Å². The standard InChI is InChI=1S/C26H35F3N2O5S/c1-26(2,12-6-8-22-23(28)9-5-10-24(22)29)30-16-20(32)17-31(3)37(35,36)21-14-18(13-19(27)15-21)7-4-11-25(33)34/h5,9-10,13-15,20,30,32H,4,6-8,11-12,16-17H2,1-3H3,(H,33,34)/t20-/m1/s1. The molecule has 0 aliphatic rings. The van der Waals surface area contributed by atoms with Crippen molar-refractivity contribution in [2.45, 2.75) is 68.9 Å². The first-order chi connectivity index (χ1) is 17.2. The molecule has 2 aromatic carbocycles. The van der Waals surface area contributed by atoms with Crippen LogP contribution in [0.25, 0.3) is 0 Å². The van der Waals surface area contributed by atoms with Crippen LogP contribution >= 0.6 is 0 Å². The van der Waals surface area contributed by atoms with Gasteiger partial charge in [-0.15, -0.1) is 0 Å². The fourth-order valence-corrected chi connectivity index (χ4v) is 5.25. The number of β-amino-alcohol motifs (C(OH)–C–C–N with tert-alkyl or cyclic N) is 1. The van der Waals surface area contributed by atoms with Gasteiger partial charge in [-0.2, -0.15) is 4.31 Å². The van der Waals surface area contributed by atoms with Crippen molar-refractivity contribution >= 4 is 16.0 Å². The number of hydrogen-bond donors (Lipinski definition) is 3. The Balaban J connectivity index is 1.91. The number of nitrogens with one attached hydrogen (secondary N) is 1. The molecule has 2 aromatic rings. The van der Waals surface area contributed by atoms with E-state index in [2.05, 4.69) is 5.32 Å². The minimum atomic E-state index is -4.11. The number of aliphatic hydroxyl groups excluding tert-OH is 1. The van der Waals surface area contributed by atoms with E-state index in [0.29, 0.717) is 18.4 Å². The number of aliphatic hydroxyl groups is 1. The van der Waals surface area contributed by atoms with E-state index in [-0.39, 0.29) is 49.2 Å². The first-order valence-corrected chi connectivity index (χ1v) is 13.5. The predicted octanol–water partition coefficient (Wildman–Crippen LogP) is 3.88. The highest BCUT2D eigenvalue weighted by molar-refractivity contribution is 7.89. The molecule has 0 spiro atoms. The maximum Gasteiger partial charge on any atom is 0.303 e. The molecule has 0 fully saturated rings. The highest BCUT2D eigenvalue weighted by Crippen LogP contribution is 2.21. The third-order valence-corrected chi connectivity index (χ3v) is 7.87. The van der Waals surface area contributed by atoms with Crippen molar-refractivity contribution in [1.82, 2.24) is 9.62 Å². The molecule has 7 nitrogen and oxygen atoms in total. The molecule has 0 unspecified atom stereocenters. The van der Waals surface area contributed by atoms with Crippen LogP contribution < -0.4 is 5.32 Å². The topological polar surface area (TPSA) is 107 Å². The van der Waals surface area contributed by atoms with Crippen molar-refractivity contribution in [3.63, 3.8) is 0 Å². The van der Waals surface area contributed by atoms with E-state index in [1.165, 1.54) is 37.4 Å². The Hall–Kier alpha value is -2.47. The first kappa shape index (κ1) is 30.8. The molecule has 0 bridgehead atoms. The number of sulfonamides is 1. The largest absolute Gasteiger partial charge is 0.481 e. The maximum atomic E-state index is 14.1. The van der Waals surface area contributed by atoms with Crippen LogP contribution in [0.1, 0.15) is 50.7 Å². The van der Waals surface area contributed by atoms with Crippen LogP contribution in [0, 0.1) is 17.5 Å². The molecule has 37 heavy (non-hydrogen) atoms. The summed E-state index contributed by atoms with van der Waals surface area (Å²) in [5.41, 5.74) is -0.0897. The van der Waals surface area contributed by atoms with Crippen LogP contribution in [0.4, 0.5) is 13.2 Å². The molecule has 11 heteroatoms. The lowest BCUT2D eigenvalue weighted by Crippen LogP contribution is -2.46. The van der Waals surface area contributed by atoms with E-state index in [9.17, 15) is 31.5 Å². The smallest absolute Gasteiger partial charge is 0.303 e. The Kier molecular flexibility index (Phi) is 11.1. The zero-order valence-electron chi connectivity index (χ0n) is 21.3. The number of halogens is 3. The molecular weight excluding hydrogens is 509 g/mol. The van der Waals surface area contributed by atoms with E-state index in [1.807, 2.05) is 13.8 Å². The molecule has 0 heterocycles. The molecule has 0 aromatic heterocycles. The summed E-state index contributed by atoms with van der Waals surface area (Å²) in [5, 5.41) is 22.4. The fourth-order valence-electron chi connectivity index (χ4n) is 3.96. The maximum absolute atomic E-state index is 14.1. The van der Waals surface area contributed by atoms with E-state index < -0.39 is 45.1 Å². The molecule has 1 atom stereocenters. The summed E-state index contributed by atoms with van der Waals surface area (Å²) in [6.07, 6.45) is 0.524. The summed E-state index contributed by atoms with van der Waals surface area (Å²) < 4.78 is 68.5. The number of hydrogen-bond acceptors (Lipinski definition) is 5. The molecule has 0 aliphatic heterocycles. The van der Waals surface area contributed by atoms with Crippen LogP contribution in [-0.4, -0.2) is 60.7 Å². The summed E-state index contributed by atoms with van der Waals surface area (Å²) in [7, 11) is -2.83. The number of benzene rings is 2. The van der Waals surface area contributed by atoms with E-state index in [4.69, 9.17) is 5.11 Å². The molecule has 3 N–H and O–H groups in total. The lowest BCUT2D eigenvalue weighted by atomic mass is 9.95. The third kappa shape index (κ3) is 9.73. The number of carboxylic acids is 1. The van der Waals surface area contributed by atoms with Gasteiger partial charge in [-0.1, -0.05) is 6.07 Å². The average molecular weight is 545 g/mol. The Labute approximate surface area is 216 Å². The zero-order chi connectivity index (χ0) is 27.8. The minimum absolute atomic E-state index is 0.0348. The van der Waals surface area contributed by atoms with Crippen molar-refractivity contribution < 1.29 is 36.6 Å². The molecule has 0 radical (unpaired) electrons. The predicted molar refractivity (Wildman–Crippen MR) is 134 cm³/mol. The molecule has 206 valence electrons. The summed E-state index contributed by atoms with van der Waals surface area (Å²) in [6, 6.07) is 7.11. The Bertz CT molecular complexity index is 1150. The summed E-state index contributed by atoms with van der Waals surface area (Å²) in [5.74, 6) is -2.92. The molecule has 0 aliphatic carbocycles. The van der Waals surface area contributed by atoms with E-state index in [0.717, 1.165) is 10.4 Å².